The fraction of sp³-hybridized carbons (Fsp3) is 0.294. The molecule has 3 rings (SSSR count). The van der Waals surface area contributed by atoms with E-state index in [2.05, 4.69) is 17.5 Å². The summed E-state index contributed by atoms with van der Waals surface area (Å²) in [4.78, 5) is 24.3. The van der Waals surface area contributed by atoms with Crippen LogP contribution in [0.3, 0.4) is 0 Å². The normalized spacial score (nSPS) is 16.6. The second-order valence-electron chi connectivity index (χ2n) is 6.11. The van der Waals surface area contributed by atoms with Crippen LogP contribution in [0.2, 0.25) is 0 Å². The lowest BCUT2D eigenvalue weighted by Gasteiger charge is -2.16. The number of nitrogens with one attached hydrogen (secondary N) is 1. The number of aryl methyl sites for hydroxylation is 1. The van der Waals surface area contributed by atoms with Gasteiger partial charge in [0.2, 0.25) is 0 Å². The van der Waals surface area contributed by atoms with Crippen molar-refractivity contribution in [2.45, 2.75) is 26.2 Å². The lowest BCUT2D eigenvalue weighted by molar-refractivity contribution is -0.384. The van der Waals surface area contributed by atoms with Gasteiger partial charge in [-0.2, -0.15) is 5.10 Å². The fourth-order valence-corrected chi connectivity index (χ4v) is 3.89. The van der Waals surface area contributed by atoms with Crippen molar-refractivity contribution in [3.05, 3.63) is 55.3 Å². The van der Waals surface area contributed by atoms with Crippen LogP contribution in [-0.2, 0) is 12.8 Å². The molecule has 0 saturated carbocycles. The Labute approximate surface area is 148 Å². The molecule has 2 N–H and O–H groups in total. The number of amides is 1. The second-order valence-corrected chi connectivity index (χ2v) is 7.24. The minimum Gasteiger partial charge on any atom is -0.507 e. The van der Waals surface area contributed by atoms with Crippen LogP contribution in [0.1, 0.15) is 39.0 Å². The maximum Gasteiger partial charge on any atom is 0.281 e. The van der Waals surface area contributed by atoms with Crippen LogP contribution in [0.15, 0.2) is 29.4 Å². The summed E-state index contributed by atoms with van der Waals surface area (Å²) in [5.74, 6) is 0.158. The lowest BCUT2D eigenvalue weighted by atomic mass is 9.90. The lowest BCUT2D eigenvalue weighted by Crippen LogP contribution is -2.16. The number of nitrogens with zero attached hydrogens (tertiary/aromatic N) is 2. The molecule has 0 bridgehead atoms. The molecule has 0 fully saturated rings. The molecule has 1 aliphatic carbocycles. The smallest absolute Gasteiger partial charge is 0.281 e. The van der Waals surface area contributed by atoms with Crippen LogP contribution in [0.5, 0.6) is 5.75 Å². The molecular weight excluding hydrogens is 342 g/mol. The fourth-order valence-electron chi connectivity index (χ4n) is 2.79. The Kier molecular flexibility index (Phi) is 4.80. The van der Waals surface area contributed by atoms with Gasteiger partial charge in [0, 0.05) is 22.6 Å². The Bertz CT molecular complexity index is 860. The maximum absolute atomic E-state index is 12.2. The minimum atomic E-state index is -0.563. The van der Waals surface area contributed by atoms with Crippen LogP contribution in [0, 0.1) is 16.0 Å². The highest BCUT2D eigenvalue weighted by Crippen LogP contribution is 2.32. The molecule has 25 heavy (non-hydrogen) atoms. The Hall–Kier alpha value is -2.74. The molecule has 0 unspecified atom stereocenters. The first-order valence-corrected chi connectivity index (χ1v) is 8.68. The Morgan fingerprint density at radius 3 is 3.04 bits per heavy atom. The predicted molar refractivity (Wildman–Crippen MR) is 95.3 cm³/mol. The van der Waals surface area contributed by atoms with Gasteiger partial charge < -0.3 is 5.11 Å². The van der Waals surface area contributed by atoms with E-state index in [1.54, 1.807) is 0 Å². The highest BCUT2D eigenvalue weighted by molar-refractivity contribution is 7.14. The molecule has 0 saturated heterocycles. The van der Waals surface area contributed by atoms with E-state index in [0.717, 1.165) is 19.3 Å². The first-order chi connectivity index (χ1) is 11.9. The SMILES string of the molecule is C[C@@H]1CCc2sc(C(=O)N/N=C\c3cc([N+](=O)[O-])ccc3O)cc2C1. The van der Waals surface area contributed by atoms with Gasteiger partial charge in [-0.3, -0.25) is 14.9 Å². The van der Waals surface area contributed by atoms with Crippen LogP contribution >= 0.6 is 11.3 Å². The Morgan fingerprint density at radius 1 is 1.48 bits per heavy atom. The van der Waals surface area contributed by atoms with Gasteiger partial charge in [-0.25, -0.2) is 5.43 Å². The molecule has 0 radical (unpaired) electrons. The number of fused-ring (bicyclic) bond motifs is 1. The van der Waals surface area contributed by atoms with Gasteiger partial charge >= 0.3 is 0 Å². The number of aromatic hydroxyl groups is 1. The number of carbonyl (C=O) groups excluding carboxylic acids is 1. The molecule has 130 valence electrons. The number of nitro groups is 1. The quantitative estimate of drug-likeness (QED) is 0.496. The Balaban J connectivity index is 1.69. The summed E-state index contributed by atoms with van der Waals surface area (Å²) in [5.41, 5.74) is 3.63. The van der Waals surface area contributed by atoms with Gasteiger partial charge in [-0.15, -0.1) is 11.3 Å². The van der Waals surface area contributed by atoms with Gasteiger partial charge in [0.15, 0.2) is 0 Å². The van der Waals surface area contributed by atoms with Crippen molar-refractivity contribution >= 4 is 29.1 Å². The standard InChI is InChI=1S/C17H17N3O4S/c1-10-2-5-15-11(6-10)8-16(25-15)17(22)19-18-9-12-7-13(20(23)24)3-4-14(12)21/h3-4,7-10,21H,2,5-6H2,1H3,(H,19,22)/b18-9-/t10-/m1/s1. The van der Waals surface area contributed by atoms with Gasteiger partial charge in [0.25, 0.3) is 11.6 Å². The van der Waals surface area contributed by atoms with E-state index in [1.807, 2.05) is 6.07 Å². The molecule has 1 amide bonds. The monoisotopic (exact) mass is 359 g/mol. The average Bonchev–Trinajstić information content (AvgIpc) is 2.99. The van der Waals surface area contributed by atoms with Crippen molar-refractivity contribution < 1.29 is 14.8 Å². The number of hydrogen-bond donors (Lipinski definition) is 2. The summed E-state index contributed by atoms with van der Waals surface area (Å²) in [6.45, 7) is 2.20. The number of carbonyl (C=O) groups is 1. The van der Waals surface area contributed by atoms with Crippen LogP contribution in [0.4, 0.5) is 5.69 Å². The predicted octanol–water partition coefficient (Wildman–Crippen LogP) is 3.25. The average molecular weight is 359 g/mol. The van der Waals surface area contributed by atoms with Gasteiger partial charge in [0.1, 0.15) is 5.75 Å². The zero-order valence-corrected chi connectivity index (χ0v) is 14.4. The summed E-state index contributed by atoms with van der Waals surface area (Å²) in [6, 6.07) is 5.51. The van der Waals surface area contributed by atoms with Crippen molar-refractivity contribution in [3.63, 3.8) is 0 Å². The molecule has 1 aromatic carbocycles. The number of thiophene rings is 1. The topological polar surface area (TPSA) is 105 Å². The zero-order chi connectivity index (χ0) is 18.0. The number of benzene rings is 1. The molecule has 8 heteroatoms. The summed E-state index contributed by atoms with van der Waals surface area (Å²) >= 11 is 1.48. The van der Waals surface area contributed by atoms with Crippen molar-refractivity contribution in [2.24, 2.45) is 11.0 Å². The summed E-state index contributed by atoms with van der Waals surface area (Å²) in [7, 11) is 0. The molecule has 1 aliphatic rings. The third kappa shape index (κ3) is 3.85. The molecule has 7 nitrogen and oxygen atoms in total. The third-order valence-electron chi connectivity index (χ3n) is 4.14. The molecule has 0 spiro atoms. The van der Waals surface area contributed by atoms with E-state index >= 15 is 0 Å². The summed E-state index contributed by atoms with van der Waals surface area (Å²) in [5, 5.41) is 24.3. The number of nitro benzene ring substituents is 1. The summed E-state index contributed by atoms with van der Waals surface area (Å²) in [6.07, 6.45) is 4.32. The van der Waals surface area contributed by atoms with E-state index < -0.39 is 4.92 Å². The van der Waals surface area contributed by atoms with E-state index in [4.69, 9.17) is 0 Å². The number of non-ortho nitro benzene ring substituents is 1. The van der Waals surface area contributed by atoms with E-state index in [9.17, 15) is 20.0 Å². The number of hydrazone groups is 1. The van der Waals surface area contributed by atoms with Crippen molar-refractivity contribution in [1.29, 1.82) is 0 Å². The maximum atomic E-state index is 12.2. The van der Waals surface area contributed by atoms with Gasteiger partial charge in [0.05, 0.1) is 16.0 Å². The van der Waals surface area contributed by atoms with Gasteiger partial charge in [-0.05, 0) is 42.9 Å². The molecule has 0 aliphatic heterocycles. The second kappa shape index (κ2) is 7.02. The van der Waals surface area contributed by atoms with Crippen molar-refractivity contribution in [1.82, 2.24) is 5.43 Å². The molecule has 1 heterocycles. The highest BCUT2D eigenvalue weighted by atomic mass is 32.1. The summed E-state index contributed by atoms with van der Waals surface area (Å²) < 4.78 is 0. The molecular formula is C17H17N3O4S. The largest absolute Gasteiger partial charge is 0.507 e. The first kappa shape index (κ1) is 17.1. The number of phenols is 1. The number of rotatable bonds is 4. The first-order valence-electron chi connectivity index (χ1n) is 7.86. The van der Waals surface area contributed by atoms with E-state index in [-0.39, 0.29) is 22.9 Å². The van der Waals surface area contributed by atoms with Crippen molar-refractivity contribution in [3.8, 4) is 5.75 Å². The van der Waals surface area contributed by atoms with Crippen molar-refractivity contribution in [2.75, 3.05) is 0 Å². The van der Waals surface area contributed by atoms with E-state index in [0.29, 0.717) is 10.8 Å². The molecule has 1 atom stereocenters. The number of phenolic OH excluding ortho intramolecular Hbond substituents is 1. The zero-order valence-electron chi connectivity index (χ0n) is 13.6. The number of hydrogen-bond acceptors (Lipinski definition) is 6. The molecule has 2 aromatic rings. The van der Waals surface area contributed by atoms with Gasteiger partial charge in [-0.1, -0.05) is 6.92 Å². The minimum absolute atomic E-state index is 0.149. The van der Waals surface area contributed by atoms with Crippen LogP contribution in [-0.4, -0.2) is 22.2 Å². The third-order valence-corrected chi connectivity index (χ3v) is 5.38. The van der Waals surface area contributed by atoms with E-state index in [1.165, 1.54) is 46.2 Å². The Morgan fingerprint density at radius 2 is 2.28 bits per heavy atom. The highest BCUT2D eigenvalue weighted by Gasteiger charge is 2.20. The molecule has 1 aromatic heterocycles. The van der Waals surface area contributed by atoms with Crippen LogP contribution in [0.25, 0.3) is 0 Å². The van der Waals surface area contributed by atoms with Crippen LogP contribution < -0.4 is 5.43 Å².